The van der Waals surface area contributed by atoms with E-state index in [1.54, 1.807) is 0 Å². The second-order valence-electron chi connectivity index (χ2n) is 10.2. The van der Waals surface area contributed by atoms with E-state index in [-0.39, 0.29) is 18.6 Å². The van der Waals surface area contributed by atoms with Crippen LogP contribution in [0, 0.1) is 0 Å². The summed E-state index contributed by atoms with van der Waals surface area (Å²) >= 11 is 0. The zero-order chi connectivity index (χ0) is 26.6. The first-order chi connectivity index (χ1) is 17.7. The van der Waals surface area contributed by atoms with Crippen LogP contribution in [0.3, 0.4) is 0 Å². The summed E-state index contributed by atoms with van der Waals surface area (Å²) in [6.45, 7) is 8.60. The molecule has 1 amide bonds. The van der Waals surface area contributed by atoms with Gasteiger partial charge in [0, 0.05) is 30.8 Å². The summed E-state index contributed by atoms with van der Waals surface area (Å²) < 4.78 is 15.0. The second-order valence-corrected chi connectivity index (χ2v) is 12.4. The standard InChI is InChI=1S/C30H35N3O3S/c1-5-10-21-13-9-14-23(17-21)28-27-24(20-33(26(27)15-16-34)37(36)30(2,3)4)18-25(32-28)29(35)31-19-22-11-7-6-8-12-22/h5-14,17-18,26,34H,15-16,19-20H2,1-4H3,(H,31,35)/t26-,37-/m0/s1. The Hall–Kier alpha value is -3.13. The molecule has 2 N–H and O–H groups in total. The van der Waals surface area contributed by atoms with Gasteiger partial charge in [0.15, 0.2) is 0 Å². The lowest BCUT2D eigenvalue weighted by Gasteiger charge is -2.30. The number of rotatable bonds is 8. The summed E-state index contributed by atoms with van der Waals surface area (Å²) in [4.78, 5) is 18.1. The Bertz CT molecular complexity index is 1320. The molecule has 6 nitrogen and oxygen atoms in total. The molecule has 0 saturated heterocycles. The first-order valence-corrected chi connectivity index (χ1v) is 13.7. The molecule has 3 aromatic rings. The maximum absolute atomic E-state index is 13.5. The molecule has 0 saturated carbocycles. The van der Waals surface area contributed by atoms with Crippen LogP contribution in [0.15, 0.2) is 66.7 Å². The van der Waals surface area contributed by atoms with Crippen molar-refractivity contribution >= 4 is 23.0 Å². The lowest BCUT2D eigenvalue weighted by Crippen LogP contribution is -2.36. The number of fused-ring (bicyclic) bond motifs is 1. The number of nitrogens with one attached hydrogen (secondary N) is 1. The number of hydrogen-bond acceptors (Lipinski definition) is 4. The molecule has 2 heterocycles. The second kappa shape index (κ2) is 11.5. The highest BCUT2D eigenvalue weighted by atomic mass is 32.2. The zero-order valence-corrected chi connectivity index (χ0v) is 22.7. The molecule has 194 valence electrons. The van der Waals surface area contributed by atoms with Crippen molar-refractivity contribution in [3.05, 3.63) is 94.7 Å². The fourth-order valence-electron chi connectivity index (χ4n) is 4.66. The van der Waals surface area contributed by atoms with Crippen molar-refractivity contribution in [2.24, 2.45) is 0 Å². The highest BCUT2D eigenvalue weighted by molar-refractivity contribution is 7.84. The maximum atomic E-state index is 13.5. The minimum absolute atomic E-state index is 0.0423. The minimum atomic E-state index is -1.31. The molecule has 2 atom stereocenters. The van der Waals surface area contributed by atoms with Crippen LogP contribution in [0.4, 0.5) is 0 Å². The minimum Gasteiger partial charge on any atom is -0.396 e. The van der Waals surface area contributed by atoms with E-state index in [9.17, 15) is 14.1 Å². The normalized spacial score (nSPS) is 16.6. The largest absolute Gasteiger partial charge is 0.396 e. The molecular formula is C30H35N3O3S. The average Bonchev–Trinajstić information content (AvgIpc) is 3.25. The Balaban J connectivity index is 1.80. The number of pyridine rings is 1. The van der Waals surface area contributed by atoms with Crippen LogP contribution in [0.1, 0.15) is 72.9 Å². The zero-order valence-electron chi connectivity index (χ0n) is 21.9. The van der Waals surface area contributed by atoms with Crippen molar-refractivity contribution in [2.45, 2.75) is 58.0 Å². The van der Waals surface area contributed by atoms with Gasteiger partial charge in [-0.1, -0.05) is 60.7 Å². The molecule has 1 aromatic heterocycles. The third kappa shape index (κ3) is 6.06. The van der Waals surface area contributed by atoms with Crippen molar-refractivity contribution < 1.29 is 14.1 Å². The van der Waals surface area contributed by atoms with E-state index >= 15 is 0 Å². The Morgan fingerprint density at radius 1 is 1.16 bits per heavy atom. The number of carbonyl (C=O) groups is 1. The lowest BCUT2D eigenvalue weighted by molar-refractivity contribution is 0.0946. The number of amides is 1. The molecule has 0 unspecified atom stereocenters. The molecule has 1 aliphatic heterocycles. The van der Waals surface area contributed by atoms with Gasteiger partial charge in [0.25, 0.3) is 5.91 Å². The Labute approximate surface area is 222 Å². The monoisotopic (exact) mass is 517 g/mol. The number of aliphatic hydroxyl groups is 1. The SMILES string of the molecule is CC=Cc1cccc(-c2nc(C(=O)NCc3ccccc3)cc3c2[C@H](CCO)N([S@@](=O)C(C)(C)C)C3)c1. The third-order valence-electron chi connectivity index (χ3n) is 6.34. The van der Waals surface area contributed by atoms with Gasteiger partial charge >= 0.3 is 0 Å². The predicted octanol–water partition coefficient (Wildman–Crippen LogP) is 5.41. The maximum Gasteiger partial charge on any atom is 0.270 e. The van der Waals surface area contributed by atoms with Crippen LogP contribution < -0.4 is 5.32 Å². The Morgan fingerprint density at radius 3 is 2.59 bits per heavy atom. The van der Waals surface area contributed by atoms with Gasteiger partial charge < -0.3 is 10.4 Å². The molecule has 0 radical (unpaired) electrons. The summed E-state index contributed by atoms with van der Waals surface area (Å²) in [7, 11) is -1.31. The van der Waals surface area contributed by atoms with Crippen LogP contribution in [0.25, 0.3) is 17.3 Å². The predicted molar refractivity (Wildman–Crippen MR) is 150 cm³/mol. The summed E-state index contributed by atoms with van der Waals surface area (Å²) in [6.07, 6.45) is 4.43. The highest BCUT2D eigenvalue weighted by Crippen LogP contribution is 2.44. The van der Waals surface area contributed by atoms with Gasteiger partial charge in [0.05, 0.1) is 16.5 Å². The first kappa shape index (κ1) is 26.9. The third-order valence-corrected chi connectivity index (χ3v) is 8.20. The fourth-order valence-corrected chi connectivity index (χ4v) is 6.06. The average molecular weight is 518 g/mol. The molecule has 1 aliphatic rings. The van der Waals surface area contributed by atoms with E-state index in [1.807, 2.05) is 105 Å². The Morgan fingerprint density at radius 2 is 1.92 bits per heavy atom. The van der Waals surface area contributed by atoms with Crippen LogP contribution >= 0.6 is 0 Å². The molecular weight excluding hydrogens is 482 g/mol. The number of carbonyl (C=O) groups excluding carboxylic acids is 1. The van der Waals surface area contributed by atoms with Gasteiger partial charge in [-0.15, -0.1) is 0 Å². The van der Waals surface area contributed by atoms with Crippen molar-refractivity contribution in [3.63, 3.8) is 0 Å². The molecule has 0 bridgehead atoms. The van der Waals surface area contributed by atoms with Gasteiger partial charge in [-0.2, -0.15) is 0 Å². The highest BCUT2D eigenvalue weighted by Gasteiger charge is 2.40. The van der Waals surface area contributed by atoms with Crippen molar-refractivity contribution in [3.8, 4) is 11.3 Å². The number of hydrogen-bond donors (Lipinski definition) is 2. The van der Waals surface area contributed by atoms with E-state index in [4.69, 9.17) is 4.98 Å². The molecule has 0 fully saturated rings. The quantitative estimate of drug-likeness (QED) is 0.418. The lowest BCUT2D eigenvalue weighted by atomic mass is 9.95. The number of nitrogens with zero attached hydrogens (tertiary/aromatic N) is 2. The first-order valence-electron chi connectivity index (χ1n) is 12.6. The fraction of sp³-hybridized carbons (Fsp3) is 0.333. The molecule has 4 rings (SSSR count). The van der Waals surface area contributed by atoms with E-state index < -0.39 is 15.7 Å². The molecule has 37 heavy (non-hydrogen) atoms. The van der Waals surface area contributed by atoms with E-state index in [0.717, 1.165) is 27.8 Å². The van der Waals surface area contributed by atoms with E-state index in [0.29, 0.717) is 30.9 Å². The van der Waals surface area contributed by atoms with Gasteiger partial charge in [-0.25, -0.2) is 13.5 Å². The van der Waals surface area contributed by atoms with Crippen molar-refractivity contribution in [2.75, 3.05) is 6.61 Å². The van der Waals surface area contributed by atoms with Crippen LogP contribution in [0.5, 0.6) is 0 Å². The van der Waals surface area contributed by atoms with E-state index in [2.05, 4.69) is 5.32 Å². The summed E-state index contributed by atoms with van der Waals surface area (Å²) in [6, 6.07) is 19.3. The summed E-state index contributed by atoms with van der Waals surface area (Å²) in [5, 5.41) is 12.9. The molecule has 7 heteroatoms. The van der Waals surface area contributed by atoms with Gasteiger partial charge in [0.2, 0.25) is 0 Å². The van der Waals surface area contributed by atoms with Gasteiger partial charge in [-0.3, -0.25) is 4.79 Å². The van der Waals surface area contributed by atoms with Gasteiger partial charge in [-0.05, 0) is 62.9 Å². The topological polar surface area (TPSA) is 82.5 Å². The van der Waals surface area contributed by atoms with Crippen LogP contribution in [-0.4, -0.2) is 35.9 Å². The van der Waals surface area contributed by atoms with Crippen molar-refractivity contribution in [1.29, 1.82) is 0 Å². The molecule has 2 aromatic carbocycles. The number of allylic oxidation sites excluding steroid dienone is 1. The van der Waals surface area contributed by atoms with Crippen LogP contribution in [0.2, 0.25) is 0 Å². The summed E-state index contributed by atoms with van der Waals surface area (Å²) in [5.41, 5.74) is 5.79. The summed E-state index contributed by atoms with van der Waals surface area (Å²) in [5.74, 6) is -0.258. The van der Waals surface area contributed by atoms with Crippen molar-refractivity contribution in [1.82, 2.24) is 14.6 Å². The number of aromatic nitrogens is 1. The van der Waals surface area contributed by atoms with E-state index in [1.165, 1.54) is 0 Å². The smallest absolute Gasteiger partial charge is 0.270 e. The molecule has 0 spiro atoms. The molecule has 0 aliphatic carbocycles. The van der Waals surface area contributed by atoms with Gasteiger partial charge in [0.1, 0.15) is 16.7 Å². The number of aliphatic hydroxyl groups excluding tert-OH is 1. The van der Waals surface area contributed by atoms with Crippen LogP contribution in [-0.2, 0) is 24.1 Å². The number of benzene rings is 2. The Kier molecular flexibility index (Phi) is 8.37.